The van der Waals surface area contributed by atoms with E-state index in [1.807, 2.05) is 19.3 Å². The van der Waals surface area contributed by atoms with Gasteiger partial charge in [-0.3, -0.25) is 4.68 Å². The van der Waals surface area contributed by atoms with E-state index < -0.39 is 0 Å². The van der Waals surface area contributed by atoms with Crippen molar-refractivity contribution in [1.29, 1.82) is 0 Å². The van der Waals surface area contributed by atoms with Gasteiger partial charge in [-0.25, -0.2) is 4.98 Å². The number of hydrogen-bond acceptors (Lipinski definition) is 3. The van der Waals surface area contributed by atoms with Crippen LogP contribution in [0.5, 0.6) is 0 Å². The first-order chi connectivity index (χ1) is 10.1. The molecule has 0 aromatic carbocycles. The normalized spacial score (nSPS) is 14.0. The fourth-order valence-corrected chi connectivity index (χ4v) is 3.25. The van der Waals surface area contributed by atoms with Gasteiger partial charge in [0.05, 0.1) is 5.52 Å². The monoisotopic (exact) mass is 357 g/mol. The zero-order chi connectivity index (χ0) is 14.6. The van der Waals surface area contributed by atoms with E-state index in [0.717, 1.165) is 41.8 Å². The molecule has 0 radical (unpaired) electrons. The van der Waals surface area contributed by atoms with Gasteiger partial charge in [-0.05, 0) is 11.6 Å². The highest BCUT2D eigenvalue weighted by Gasteiger charge is 2.23. The zero-order valence-electron chi connectivity index (χ0n) is 11.8. The number of aromatic amines is 1. The summed E-state index contributed by atoms with van der Waals surface area (Å²) >= 11 is 12.5. The summed E-state index contributed by atoms with van der Waals surface area (Å²) in [4.78, 5) is 7.89. The Balaban J connectivity index is 0.00000144. The summed E-state index contributed by atoms with van der Waals surface area (Å²) in [5.74, 6) is 0. The van der Waals surface area contributed by atoms with E-state index >= 15 is 0 Å². The topological polar surface area (TPSA) is 58.5 Å². The van der Waals surface area contributed by atoms with Crippen molar-refractivity contribution < 1.29 is 0 Å². The standard InChI is InChI=1S/C14H13Cl2N5.ClH/c1-21-5-3-9(20-21)12-10-7-6-17-4-2-8(7)18-13(10)11(15)14(16)19-12;/h3,5,17-18H,2,4,6H2,1H3;1H. The third-order valence-electron chi connectivity index (χ3n) is 3.85. The number of aromatic nitrogens is 4. The van der Waals surface area contributed by atoms with E-state index in [0.29, 0.717) is 10.2 Å². The summed E-state index contributed by atoms with van der Waals surface area (Å²) < 4.78 is 1.75. The minimum atomic E-state index is 0. The lowest BCUT2D eigenvalue weighted by atomic mass is 10.0. The fraction of sp³-hybridized carbons (Fsp3) is 0.286. The molecule has 5 nitrogen and oxygen atoms in total. The van der Waals surface area contributed by atoms with Crippen LogP contribution >= 0.6 is 35.6 Å². The largest absolute Gasteiger partial charge is 0.357 e. The molecule has 0 amide bonds. The van der Waals surface area contributed by atoms with Crippen LogP contribution in [-0.4, -0.2) is 26.3 Å². The average molecular weight is 359 g/mol. The van der Waals surface area contributed by atoms with Crippen LogP contribution in [-0.2, 0) is 20.0 Å². The Morgan fingerprint density at radius 3 is 2.86 bits per heavy atom. The lowest BCUT2D eigenvalue weighted by molar-refractivity contribution is 0.641. The Kier molecular flexibility index (Phi) is 4.07. The van der Waals surface area contributed by atoms with Crippen molar-refractivity contribution in [3.63, 3.8) is 0 Å². The molecule has 0 saturated carbocycles. The maximum Gasteiger partial charge on any atom is 0.150 e. The molecule has 2 N–H and O–H groups in total. The van der Waals surface area contributed by atoms with Gasteiger partial charge in [0.1, 0.15) is 16.4 Å². The van der Waals surface area contributed by atoms with E-state index in [9.17, 15) is 0 Å². The lowest BCUT2D eigenvalue weighted by Crippen LogP contribution is -2.23. The highest BCUT2D eigenvalue weighted by molar-refractivity contribution is 6.44. The van der Waals surface area contributed by atoms with Crippen molar-refractivity contribution in [2.45, 2.75) is 13.0 Å². The number of nitrogens with one attached hydrogen (secondary N) is 2. The van der Waals surface area contributed by atoms with E-state index in [1.165, 1.54) is 11.3 Å². The van der Waals surface area contributed by atoms with Crippen LogP contribution in [0.4, 0.5) is 0 Å². The Bertz CT molecular complexity index is 852. The van der Waals surface area contributed by atoms with Gasteiger partial charge < -0.3 is 10.3 Å². The summed E-state index contributed by atoms with van der Waals surface area (Å²) in [7, 11) is 1.88. The van der Waals surface area contributed by atoms with Crippen molar-refractivity contribution >= 4 is 46.5 Å². The molecule has 4 heterocycles. The summed E-state index contributed by atoms with van der Waals surface area (Å²) in [6.45, 7) is 1.76. The Labute approximate surface area is 143 Å². The highest BCUT2D eigenvalue weighted by Crippen LogP contribution is 2.38. The van der Waals surface area contributed by atoms with Crippen molar-refractivity contribution in [3.05, 3.63) is 33.7 Å². The molecule has 1 aliphatic rings. The van der Waals surface area contributed by atoms with Crippen LogP contribution in [0.3, 0.4) is 0 Å². The van der Waals surface area contributed by atoms with Gasteiger partial charge in [0, 0.05) is 43.8 Å². The number of H-pyrrole nitrogens is 1. The molecule has 0 atom stereocenters. The fourth-order valence-electron chi connectivity index (χ4n) is 2.88. The van der Waals surface area contributed by atoms with Gasteiger partial charge in [0.15, 0.2) is 5.15 Å². The zero-order valence-corrected chi connectivity index (χ0v) is 14.1. The van der Waals surface area contributed by atoms with Crippen LogP contribution in [0.1, 0.15) is 11.3 Å². The van der Waals surface area contributed by atoms with Gasteiger partial charge in [-0.15, -0.1) is 12.4 Å². The molecule has 0 fully saturated rings. The third kappa shape index (κ3) is 2.29. The molecule has 0 saturated heterocycles. The SMILES string of the molecule is Cl.Cn1ccc(-c2nc(Cl)c(Cl)c3[nH]c4c(c23)CNCC4)n1. The molecule has 0 aliphatic carbocycles. The minimum absolute atomic E-state index is 0. The molecule has 1 aliphatic heterocycles. The third-order valence-corrected chi connectivity index (χ3v) is 4.59. The van der Waals surface area contributed by atoms with Crippen LogP contribution in [0.2, 0.25) is 10.2 Å². The molecule has 8 heteroatoms. The van der Waals surface area contributed by atoms with E-state index in [2.05, 4.69) is 20.4 Å². The first-order valence-corrected chi connectivity index (χ1v) is 7.50. The van der Waals surface area contributed by atoms with Gasteiger partial charge in [0.2, 0.25) is 0 Å². The number of halogens is 3. The molecule has 4 rings (SSSR count). The predicted molar refractivity (Wildman–Crippen MR) is 91.0 cm³/mol. The van der Waals surface area contributed by atoms with Crippen LogP contribution in [0, 0.1) is 0 Å². The second-order valence-electron chi connectivity index (χ2n) is 5.20. The molecule has 0 spiro atoms. The van der Waals surface area contributed by atoms with Crippen molar-refractivity contribution in [2.24, 2.45) is 7.05 Å². The Morgan fingerprint density at radius 1 is 1.32 bits per heavy atom. The average Bonchev–Trinajstić information content (AvgIpc) is 3.07. The van der Waals surface area contributed by atoms with Crippen LogP contribution in [0.25, 0.3) is 22.3 Å². The Morgan fingerprint density at radius 2 is 2.14 bits per heavy atom. The van der Waals surface area contributed by atoms with Gasteiger partial charge >= 0.3 is 0 Å². The predicted octanol–water partition coefficient (Wildman–Crippen LogP) is 3.34. The molecule has 116 valence electrons. The van der Waals surface area contributed by atoms with Gasteiger partial charge in [0.25, 0.3) is 0 Å². The van der Waals surface area contributed by atoms with Gasteiger partial charge in [-0.2, -0.15) is 5.10 Å². The molecule has 3 aromatic heterocycles. The number of fused-ring (bicyclic) bond motifs is 3. The molecule has 0 unspecified atom stereocenters. The van der Waals surface area contributed by atoms with Crippen molar-refractivity contribution in [2.75, 3.05) is 6.54 Å². The maximum atomic E-state index is 6.34. The molecule has 0 bridgehead atoms. The van der Waals surface area contributed by atoms with E-state index in [-0.39, 0.29) is 12.4 Å². The second-order valence-corrected chi connectivity index (χ2v) is 5.93. The number of rotatable bonds is 1. The number of nitrogens with zero attached hydrogens (tertiary/aromatic N) is 3. The molecule has 22 heavy (non-hydrogen) atoms. The molecular weight excluding hydrogens is 345 g/mol. The summed E-state index contributed by atoms with van der Waals surface area (Å²) in [6.07, 6.45) is 2.84. The number of aryl methyl sites for hydroxylation is 1. The van der Waals surface area contributed by atoms with E-state index in [4.69, 9.17) is 23.2 Å². The summed E-state index contributed by atoms with van der Waals surface area (Å²) in [5.41, 5.74) is 4.84. The maximum absolute atomic E-state index is 6.34. The first kappa shape index (κ1) is 15.6. The van der Waals surface area contributed by atoms with Gasteiger partial charge in [-0.1, -0.05) is 23.2 Å². The lowest BCUT2D eigenvalue weighted by Gasteiger charge is -2.13. The van der Waals surface area contributed by atoms with E-state index in [1.54, 1.807) is 4.68 Å². The smallest absolute Gasteiger partial charge is 0.150 e. The quantitative estimate of drug-likeness (QED) is 0.656. The number of hydrogen-bond donors (Lipinski definition) is 2. The summed E-state index contributed by atoms with van der Waals surface area (Å²) in [5, 5.41) is 9.63. The van der Waals surface area contributed by atoms with Crippen molar-refractivity contribution in [3.8, 4) is 11.4 Å². The molecular formula is C14H14Cl3N5. The second kappa shape index (κ2) is 5.74. The molecule has 3 aromatic rings. The Hall–Kier alpha value is -1.27. The van der Waals surface area contributed by atoms with Crippen LogP contribution in [0.15, 0.2) is 12.3 Å². The summed E-state index contributed by atoms with van der Waals surface area (Å²) in [6, 6.07) is 1.93. The van der Waals surface area contributed by atoms with Crippen LogP contribution < -0.4 is 5.32 Å². The minimum Gasteiger partial charge on any atom is -0.357 e. The number of pyridine rings is 1. The highest BCUT2D eigenvalue weighted by atomic mass is 35.5. The first-order valence-electron chi connectivity index (χ1n) is 6.74. The van der Waals surface area contributed by atoms with Crippen molar-refractivity contribution in [1.82, 2.24) is 25.1 Å².